The number of carbonyl (C=O) groups is 1. The molecule has 3 nitrogen and oxygen atoms in total. The van der Waals surface area contributed by atoms with E-state index in [0.29, 0.717) is 6.42 Å². The first kappa shape index (κ1) is 17.1. The molecule has 0 radical (unpaired) electrons. The van der Waals surface area contributed by atoms with Crippen molar-refractivity contribution in [2.24, 2.45) is 0 Å². The van der Waals surface area contributed by atoms with Crippen LogP contribution in [0.1, 0.15) is 26.7 Å². The van der Waals surface area contributed by atoms with Gasteiger partial charge in [0.25, 0.3) is 0 Å². The molecule has 126 valence electrons. The van der Waals surface area contributed by atoms with Gasteiger partial charge >= 0.3 is 0 Å². The van der Waals surface area contributed by atoms with Crippen molar-refractivity contribution in [3.63, 3.8) is 0 Å². The Hall–Kier alpha value is -1.78. The van der Waals surface area contributed by atoms with E-state index < -0.39 is 0 Å². The van der Waals surface area contributed by atoms with Crippen molar-refractivity contribution in [1.82, 2.24) is 4.90 Å². The first-order valence-corrected chi connectivity index (χ1v) is 9.47. The zero-order valence-corrected chi connectivity index (χ0v) is 15.2. The minimum absolute atomic E-state index is 0.183. The van der Waals surface area contributed by atoms with Gasteiger partial charge in [0.1, 0.15) is 0 Å². The van der Waals surface area contributed by atoms with Gasteiger partial charge in [-0.3, -0.25) is 9.69 Å². The molecule has 3 rings (SSSR count). The Morgan fingerprint density at radius 2 is 1.50 bits per heavy atom. The van der Waals surface area contributed by atoms with Gasteiger partial charge in [-0.1, -0.05) is 49.9 Å². The van der Waals surface area contributed by atoms with Gasteiger partial charge in [-0.25, -0.2) is 0 Å². The summed E-state index contributed by atoms with van der Waals surface area (Å²) >= 11 is 1.74. The second kappa shape index (κ2) is 7.86. The van der Waals surface area contributed by atoms with Gasteiger partial charge in [0.15, 0.2) is 0 Å². The van der Waals surface area contributed by atoms with Crippen molar-refractivity contribution in [1.29, 1.82) is 0 Å². The maximum Gasteiger partial charge on any atom is 0.231 e. The monoisotopic (exact) mass is 340 g/mol. The zero-order chi connectivity index (χ0) is 16.9. The average molecular weight is 340 g/mol. The number of nitrogens with zero attached hydrogens (tertiary/aromatic N) is 2. The second-order valence-electron chi connectivity index (χ2n) is 5.90. The molecule has 0 aliphatic carbocycles. The first-order chi connectivity index (χ1) is 11.7. The summed E-state index contributed by atoms with van der Waals surface area (Å²) in [5, 5.41) is 0. The van der Waals surface area contributed by atoms with Crippen molar-refractivity contribution in [2.45, 2.75) is 36.5 Å². The summed E-state index contributed by atoms with van der Waals surface area (Å²) in [7, 11) is 0. The molecule has 0 saturated heterocycles. The number of benzene rings is 2. The van der Waals surface area contributed by atoms with Crippen molar-refractivity contribution in [3.05, 3.63) is 48.5 Å². The molecule has 2 aromatic rings. The number of para-hydroxylation sites is 2. The number of carbonyl (C=O) groups excluding carboxylic acids is 1. The minimum Gasteiger partial charge on any atom is -0.304 e. The van der Waals surface area contributed by atoms with Gasteiger partial charge in [0.05, 0.1) is 11.4 Å². The van der Waals surface area contributed by atoms with E-state index in [1.165, 1.54) is 0 Å². The fourth-order valence-electron chi connectivity index (χ4n) is 3.08. The van der Waals surface area contributed by atoms with Crippen LogP contribution < -0.4 is 4.90 Å². The van der Waals surface area contributed by atoms with Crippen molar-refractivity contribution in [2.75, 3.05) is 24.5 Å². The highest BCUT2D eigenvalue weighted by Gasteiger charge is 2.27. The Kier molecular flexibility index (Phi) is 5.59. The molecule has 4 heteroatoms. The predicted molar refractivity (Wildman–Crippen MR) is 101 cm³/mol. The molecule has 0 atom stereocenters. The van der Waals surface area contributed by atoms with Crippen LogP contribution in [0.4, 0.5) is 11.4 Å². The van der Waals surface area contributed by atoms with Gasteiger partial charge in [0.2, 0.25) is 5.91 Å². The number of hydrogen-bond donors (Lipinski definition) is 0. The molecule has 1 amide bonds. The first-order valence-electron chi connectivity index (χ1n) is 8.65. The van der Waals surface area contributed by atoms with Crippen LogP contribution in [0.15, 0.2) is 58.3 Å². The normalized spacial score (nSPS) is 12.9. The number of anilines is 2. The molecule has 2 aromatic carbocycles. The third-order valence-corrected chi connectivity index (χ3v) is 5.57. The number of fused-ring (bicyclic) bond motifs is 2. The fraction of sp³-hybridized carbons (Fsp3) is 0.350. The summed E-state index contributed by atoms with van der Waals surface area (Å²) in [4.78, 5) is 19.5. The van der Waals surface area contributed by atoms with E-state index in [0.717, 1.165) is 47.2 Å². The van der Waals surface area contributed by atoms with E-state index in [1.54, 1.807) is 11.8 Å². The molecule has 0 aromatic heterocycles. The molecule has 0 N–H and O–H groups in total. The Bertz CT molecular complexity index is 667. The molecule has 1 aliphatic heterocycles. The lowest BCUT2D eigenvalue weighted by molar-refractivity contribution is -0.118. The molecule has 24 heavy (non-hydrogen) atoms. The van der Waals surface area contributed by atoms with Crippen LogP contribution in [0.5, 0.6) is 0 Å². The summed E-state index contributed by atoms with van der Waals surface area (Å²) in [6.07, 6.45) is 1.47. The lowest BCUT2D eigenvalue weighted by Gasteiger charge is -2.31. The third-order valence-electron chi connectivity index (χ3n) is 4.44. The maximum atomic E-state index is 13.0. The van der Waals surface area contributed by atoms with E-state index in [1.807, 2.05) is 41.3 Å². The Morgan fingerprint density at radius 1 is 0.958 bits per heavy atom. The largest absolute Gasteiger partial charge is 0.304 e. The Morgan fingerprint density at radius 3 is 2.04 bits per heavy atom. The van der Waals surface area contributed by atoms with Gasteiger partial charge < -0.3 is 4.90 Å². The fourth-order valence-corrected chi connectivity index (χ4v) is 4.14. The van der Waals surface area contributed by atoms with Gasteiger partial charge in [-0.15, -0.1) is 0 Å². The van der Waals surface area contributed by atoms with Crippen molar-refractivity contribution < 1.29 is 4.79 Å². The topological polar surface area (TPSA) is 23.6 Å². The molecule has 0 unspecified atom stereocenters. The smallest absolute Gasteiger partial charge is 0.231 e. The number of amides is 1. The lowest BCUT2D eigenvalue weighted by atomic mass is 10.2. The standard InChI is InChI=1S/C20H24N2OS/c1-3-21(4-2)15-9-14-20(23)22-16-10-5-7-12-18(16)24-19-13-8-6-11-17(19)22/h5-8,10-13H,3-4,9,14-15H2,1-2H3. The maximum absolute atomic E-state index is 13.0. The molecule has 0 bridgehead atoms. The second-order valence-corrected chi connectivity index (χ2v) is 6.98. The van der Waals surface area contributed by atoms with E-state index >= 15 is 0 Å². The Balaban J connectivity index is 1.80. The van der Waals surface area contributed by atoms with Gasteiger partial charge in [0, 0.05) is 16.2 Å². The van der Waals surface area contributed by atoms with Crippen LogP contribution in [-0.2, 0) is 4.79 Å². The van der Waals surface area contributed by atoms with Gasteiger partial charge in [-0.2, -0.15) is 0 Å². The van der Waals surface area contributed by atoms with Crippen LogP contribution in [0.3, 0.4) is 0 Å². The molecule has 0 saturated carbocycles. The molecule has 1 aliphatic rings. The zero-order valence-electron chi connectivity index (χ0n) is 14.4. The Labute approximate surface area is 148 Å². The molecule has 0 spiro atoms. The summed E-state index contributed by atoms with van der Waals surface area (Å²) in [6.45, 7) is 7.39. The highest BCUT2D eigenvalue weighted by molar-refractivity contribution is 7.99. The lowest BCUT2D eigenvalue weighted by Crippen LogP contribution is -2.30. The summed E-state index contributed by atoms with van der Waals surface area (Å²) in [6, 6.07) is 16.3. The third kappa shape index (κ3) is 3.50. The van der Waals surface area contributed by atoms with Crippen LogP contribution in [0, 0.1) is 0 Å². The molecular formula is C20H24N2OS. The summed E-state index contributed by atoms with van der Waals surface area (Å²) in [5.74, 6) is 0.183. The molecular weight excluding hydrogens is 316 g/mol. The van der Waals surface area contributed by atoms with Crippen molar-refractivity contribution >= 4 is 29.0 Å². The van der Waals surface area contributed by atoms with E-state index in [9.17, 15) is 4.79 Å². The quantitative estimate of drug-likeness (QED) is 0.744. The highest BCUT2D eigenvalue weighted by atomic mass is 32.2. The average Bonchev–Trinajstić information content (AvgIpc) is 2.63. The SMILES string of the molecule is CCN(CC)CCCC(=O)N1c2ccccc2Sc2ccccc21. The highest BCUT2D eigenvalue weighted by Crippen LogP contribution is 2.48. The van der Waals surface area contributed by atoms with Gasteiger partial charge in [-0.05, 0) is 50.3 Å². The molecule has 1 heterocycles. The summed E-state index contributed by atoms with van der Waals surface area (Å²) < 4.78 is 0. The number of hydrogen-bond acceptors (Lipinski definition) is 3. The van der Waals surface area contributed by atoms with E-state index in [-0.39, 0.29) is 5.91 Å². The minimum atomic E-state index is 0.183. The predicted octanol–water partition coefficient (Wildman–Crippen LogP) is 4.94. The van der Waals surface area contributed by atoms with E-state index in [2.05, 4.69) is 30.9 Å². The van der Waals surface area contributed by atoms with Crippen LogP contribution in [-0.4, -0.2) is 30.4 Å². The molecule has 0 fully saturated rings. The number of rotatable bonds is 6. The van der Waals surface area contributed by atoms with Crippen LogP contribution >= 0.6 is 11.8 Å². The van der Waals surface area contributed by atoms with Crippen molar-refractivity contribution in [3.8, 4) is 0 Å². The summed E-state index contributed by atoms with van der Waals surface area (Å²) in [5.41, 5.74) is 2.02. The van der Waals surface area contributed by atoms with Crippen LogP contribution in [0.25, 0.3) is 0 Å². The van der Waals surface area contributed by atoms with Crippen LogP contribution in [0.2, 0.25) is 0 Å². The van der Waals surface area contributed by atoms with E-state index in [4.69, 9.17) is 0 Å².